The van der Waals surface area contributed by atoms with Crippen molar-refractivity contribution in [3.63, 3.8) is 0 Å². The van der Waals surface area contributed by atoms with Gasteiger partial charge >= 0.3 is 0 Å². The Morgan fingerprint density at radius 2 is 0.950 bits per heavy atom. The average Bonchev–Trinajstić information content (AvgIpc) is 3.74. The molecule has 2 heterocycles. The fourth-order valence-corrected chi connectivity index (χ4v) is 9.71. The van der Waals surface area contributed by atoms with Gasteiger partial charge in [-0.15, -0.1) is 0 Å². The van der Waals surface area contributed by atoms with Gasteiger partial charge in [0.05, 0.1) is 0 Å². The number of hydrogen-bond acceptors (Lipinski definition) is 3. The van der Waals surface area contributed by atoms with E-state index in [1.54, 1.807) is 0 Å². The van der Waals surface area contributed by atoms with Gasteiger partial charge in [-0.25, -0.2) is 0 Å². The van der Waals surface area contributed by atoms with Crippen LogP contribution in [0.5, 0.6) is 11.5 Å². The van der Waals surface area contributed by atoms with Gasteiger partial charge in [0.1, 0.15) is 22.7 Å². The van der Waals surface area contributed by atoms with Crippen molar-refractivity contribution in [3.8, 4) is 67.1 Å². The van der Waals surface area contributed by atoms with Gasteiger partial charge in [0, 0.05) is 49.9 Å². The van der Waals surface area contributed by atoms with Crippen molar-refractivity contribution in [3.05, 3.63) is 211 Å². The summed E-state index contributed by atoms with van der Waals surface area (Å²) in [5.41, 5.74) is 19.1. The van der Waals surface area contributed by atoms with E-state index in [2.05, 4.69) is 207 Å². The Morgan fingerprint density at radius 3 is 1.77 bits per heavy atom. The molecular formula is C57H39NO2. The van der Waals surface area contributed by atoms with Crippen LogP contribution in [0.4, 0.5) is 17.1 Å². The van der Waals surface area contributed by atoms with E-state index in [9.17, 15) is 0 Å². The third-order valence-electron chi connectivity index (χ3n) is 12.7. The normalized spacial score (nSPS) is 13.1. The zero-order chi connectivity index (χ0) is 40.0. The number of fused-ring (bicyclic) bond motifs is 11. The molecule has 12 rings (SSSR count). The summed E-state index contributed by atoms with van der Waals surface area (Å²) in [6, 6.07) is 71.8. The van der Waals surface area contributed by atoms with Gasteiger partial charge in [-0.3, -0.25) is 0 Å². The molecule has 0 unspecified atom stereocenters. The summed E-state index contributed by atoms with van der Waals surface area (Å²) in [7, 11) is 0. The molecule has 0 bridgehead atoms. The van der Waals surface area contributed by atoms with E-state index in [-0.39, 0.29) is 5.41 Å². The average molecular weight is 770 g/mol. The van der Waals surface area contributed by atoms with Crippen LogP contribution in [0.25, 0.3) is 77.6 Å². The second-order valence-electron chi connectivity index (χ2n) is 16.5. The predicted molar refractivity (Wildman–Crippen MR) is 248 cm³/mol. The lowest BCUT2D eigenvalue weighted by Crippen LogP contribution is -2.16. The van der Waals surface area contributed by atoms with Crippen LogP contribution < -0.4 is 9.64 Å². The van der Waals surface area contributed by atoms with Crippen molar-refractivity contribution in [2.75, 3.05) is 4.90 Å². The molecule has 9 aromatic carbocycles. The third-order valence-corrected chi connectivity index (χ3v) is 12.7. The minimum atomic E-state index is -0.145. The first-order chi connectivity index (χ1) is 29.5. The van der Waals surface area contributed by atoms with Crippen molar-refractivity contribution in [2.45, 2.75) is 19.3 Å². The Labute approximate surface area is 349 Å². The van der Waals surface area contributed by atoms with Gasteiger partial charge < -0.3 is 14.1 Å². The first-order valence-electron chi connectivity index (χ1n) is 20.7. The molecule has 0 radical (unpaired) electrons. The molecule has 3 heteroatoms. The van der Waals surface area contributed by atoms with Crippen LogP contribution in [-0.2, 0) is 5.41 Å². The van der Waals surface area contributed by atoms with Gasteiger partial charge in [-0.05, 0) is 111 Å². The quantitative estimate of drug-likeness (QED) is 0.174. The molecule has 60 heavy (non-hydrogen) atoms. The van der Waals surface area contributed by atoms with Crippen LogP contribution in [0.3, 0.4) is 0 Å². The zero-order valence-electron chi connectivity index (χ0n) is 33.3. The van der Waals surface area contributed by atoms with Gasteiger partial charge in [0.2, 0.25) is 0 Å². The fourth-order valence-electron chi connectivity index (χ4n) is 9.71. The first-order valence-corrected chi connectivity index (χ1v) is 20.7. The van der Waals surface area contributed by atoms with Crippen LogP contribution in [0.2, 0.25) is 0 Å². The summed E-state index contributed by atoms with van der Waals surface area (Å²) in [6.07, 6.45) is 0. The summed E-state index contributed by atoms with van der Waals surface area (Å²) < 4.78 is 13.3. The van der Waals surface area contributed by atoms with E-state index < -0.39 is 0 Å². The maximum atomic E-state index is 6.84. The molecule has 0 spiro atoms. The predicted octanol–water partition coefficient (Wildman–Crippen LogP) is 16.1. The monoisotopic (exact) mass is 769 g/mol. The molecule has 0 N–H and O–H groups in total. The van der Waals surface area contributed by atoms with Crippen molar-refractivity contribution in [1.29, 1.82) is 0 Å². The number of furan rings is 1. The third kappa shape index (κ3) is 5.29. The molecule has 0 amide bonds. The van der Waals surface area contributed by atoms with E-state index in [0.29, 0.717) is 0 Å². The van der Waals surface area contributed by atoms with E-state index in [1.165, 1.54) is 27.8 Å². The molecule has 1 aromatic heterocycles. The number of ether oxygens (including phenoxy) is 1. The Morgan fingerprint density at radius 1 is 0.367 bits per heavy atom. The van der Waals surface area contributed by atoms with Crippen LogP contribution in [0, 0.1) is 0 Å². The SMILES string of the molecule is CC1(C)c2ccccc2-c2ccc(N(c3ccc(-c4cccc5c4oc4ccccc45)cc3)c3ccc4c(c3)-c3ccccc3-c3cc(-c5ccccc5)ccc3O4)cc21. The molecule has 0 saturated heterocycles. The topological polar surface area (TPSA) is 25.6 Å². The number of benzene rings is 9. The minimum absolute atomic E-state index is 0.145. The summed E-state index contributed by atoms with van der Waals surface area (Å²) in [5, 5.41) is 2.26. The lowest BCUT2D eigenvalue weighted by molar-refractivity contribution is 0.488. The van der Waals surface area contributed by atoms with E-state index >= 15 is 0 Å². The number of nitrogens with zero attached hydrogens (tertiary/aromatic N) is 1. The van der Waals surface area contributed by atoms with Crippen LogP contribution in [-0.4, -0.2) is 0 Å². The molecular weight excluding hydrogens is 731 g/mol. The molecule has 0 fully saturated rings. The van der Waals surface area contributed by atoms with E-state index in [0.717, 1.165) is 89.4 Å². The standard InChI is InChI=1S/C57H39NO2/c1-57(2)51-21-10-8-17-45(51)46-30-28-41(35-52(46)57)58(39-26-23-37(24-27-39)42-19-12-20-48-47-18-9-11-22-53(47)60-56(42)48)40-29-32-55-50(34-40)44-16-7-6-15-43(44)49-33-38(25-31-54(49)59-55)36-13-4-3-5-14-36/h3-35H,1-2H3. The summed E-state index contributed by atoms with van der Waals surface area (Å²) in [6.45, 7) is 4.69. The lowest BCUT2D eigenvalue weighted by Gasteiger charge is -2.29. The summed E-state index contributed by atoms with van der Waals surface area (Å²) in [5.74, 6) is 1.68. The van der Waals surface area contributed by atoms with Gasteiger partial charge in [0.25, 0.3) is 0 Å². The Balaban J connectivity index is 1.01. The molecule has 284 valence electrons. The van der Waals surface area contributed by atoms with Crippen molar-refractivity contribution in [2.24, 2.45) is 0 Å². The minimum Gasteiger partial charge on any atom is -0.456 e. The summed E-state index contributed by atoms with van der Waals surface area (Å²) >= 11 is 0. The first kappa shape index (κ1) is 34.4. The number of rotatable bonds is 5. The van der Waals surface area contributed by atoms with Crippen LogP contribution in [0.15, 0.2) is 205 Å². The highest BCUT2D eigenvalue weighted by Gasteiger charge is 2.36. The molecule has 0 atom stereocenters. The number of anilines is 3. The number of para-hydroxylation sites is 2. The van der Waals surface area contributed by atoms with Gasteiger partial charge in [-0.2, -0.15) is 0 Å². The Hall–Kier alpha value is -7.62. The Kier molecular flexibility index (Phi) is 7.58. The van der Waals surface area contributed by atoms with Crippen molar-refractivity contribution < 1.29 is 9.15 Å². The maximum absolute atomic E-state index is 6.84. The van der Waals surface area contributed by atoms with Crippen LogP contribution in [0.1, 0.15) is 25.0 Å². The molecule has 1 aliphatic heterocycles. The van der Waals surface area contributed by atoms with Gasteiger partial charge in [0.15, 0.2) is 0 Å². The second kappa shape index (κ2) is 13.2. The largest absolute Gasteiger partial charge is 0.456 e. The summed E-state index contributed by atoms with van der Waals surface area (Å²) in [4.78, 5) is 2.39. The molecule has 3 nitrogen and oxygen atoms in total. The smallest absolute Gasteiger partial charge is 0.143 e. The van der Waals surface area contributed by atoms with E-state index in [1.807, 2.05) is 12.1 Å². The molecule has 10 aromatic rings. The highest BCUT2D eigenvalue weighted by Crippen LogP contribution is 2.53. The van der Waals surface area contributed by atoms with Crippen molar-refractivity contribution in [1.82, 2.24) is 0 Å². The number of hydrogen-bond donors (Lipinski definition) is 0. The molecule has 0 saturated carbocycles. The fraction of sp³-hybridized carbons (Fsp3) is 0.0526. The zero-order valence-corrected chi connectivity index (χ0v) is 33.3. The van der Waals surface area contributed by atoms with Crippen LogP contribution >= 0.6 is 0 Å². The van der Waals surface area contributed by atoms with E-state index in [4.69, 9.17) is 9.15 Å². The maximum Gasteiger partial charge on any atom is 0.143 e. The second-order valence-corrected chi connectivity index (χ2v) is 16.5. The highest BCUT2D eigenvalue weighted by atomic mass is 16.5. The highest BCUT2D eigenvalue weighted by molar-refractivity contribution is 6.09. The molecule has 1 aliphatic carbocycles. The molecule has 2 aliphatic rings. The Bertz CT molecular complexity index is 3320. The lowest BCUT2D eigenvalue weighted by atomic mass is 9.82. The van der Waals surface area contributed by atoms with Crippen molar-refractivity contribution >= 4 is 39.0 Å². The van der Waals surface area contributed by atoms with Gasteiger partial charge in [-0.1, -0.05) is 153 Å².